The quantitative estimate of drug-likeness (QED) is 0.864. The first-order valence-electron chi connectivity index (χ1n) is 7.02. The van der Waals surface area contributed by atoms with Crippen molar-refractivity contribution in [1.82, 2.24) is 5.32 Å². The van der Waals surface area contributed by atoms with Crippen LogP contribution in [0.25, 0.3) is 0 Å². The van der Waals surface area contributed by atoms with Crippen LogP contribution in [-0.4, -0.2) is 20.7 Å². The van der Waals surface area contributed by atoms with Gasteiger partial charge >= 0.3 is 0 Å². The third-order valence-corrected chi connectivity index (χ3v) is 3.80. The minimum atomic E-state index is 0.786. The van der Waals surface area contributed by atoms with Crippen LogP contribution in [0.2, 0.25) is 5.02 Å². The SMILES string of the molecule is CCNCc1ccc(N(C)c2ccc(OC)cc2)cc1Cl. The molecule has 3 nitrogen and oxygen atoms in total. The molecule has 0 aliphatic carbocycles. The summed E-state index contributed by atoms with van der Waals surface area (Å²) in [6, 6.07) is 14.1. The van der Waals surface area contributed by atoms with Crippen molar-refractivity contribution < 1.29 is 4.74 Å². The van der Waals surface area contributed by atoms with Crippen molar-refractivity contribution in [3.05, 3.63) is 53.1 Å². The standard InChI is InChI=1S/C17H21ClN2O/c1-4-19-12-13-5-6-15(11-17(13)18)20(2)14-7-9-16(21-3)10-8-14/h5-11,19H,4,12H2,1-3H3. The Morgan fingerprint density at radius 1 is 1.10 bits per heavy atom. The number of rotatable bonds is 6. The van der Waals surface area contributed by atoms with Gasteiger partial charge in [0, 0.05) is 30.0 Å². The van der Waals surface area contributed by atoms with Crippen LogP contribution in [0, 0.1) is 0 Å². The van der Waals surface area contributed by atoms with E-state index < -0.39 is 0 Å². The molecule has 0 saturated carbocycles. The fourth-order valence-corrected chi connectivity index (χ4v) is 2.34. The number of hydrogen-bond donors (Lipinski definition) is 1. The van der Waals surface area contributed by atoms with Gasteiger partial charge in [0.2, 0.25) is 0 Å². The highest BCUT2D eigenvalue weighted by atomic mass is 35.5. The van der Waals surface area contributed by atoms with Gasteiger partial charge in [0.15, 0.2) is 0 Å². The number of hydrogen-bond acceptors (Lipinski definition) is 3. The summed E-state index contributed by atoms with van der Waals surface area (Å²) in [5.74, 6) is 0.853. The molecule has 112 valence electrons. The summed E-state index contributed by atoms with van der Waals surface area (Å²) in [5, 5.41) is 4.07. The minimum Gasteiger partial charge on any atom is -0.497 e. The zero-order valence-electron chi connectivity index (χ0n) is 12.7. The fourth-order valence-electron chi connectivity index (χ4n) is 2.10. The van der Waals surface area contributed by atoms with Crippen LogP contribution < -0.4 is 15.0 Å². The lowest BCUT2D eigenvalue weighted by Gasteiger charge is -2.20. The molecule has 2 aromatic rings. The van der Waals surface area contributed by atoms with Crippen LogP contribution in [0.3, 0.4) is 0 Å². The van der Waals surface area contributed by atoms with Crippen LogP contribution in [0.15, 0.2) is 42.5 Å². The van der Waals surface area contributed by atoms with Crippen LogP contribution >= 0.6 is 11.6 Å². The predicted molar refractivity (Wildman–Crippen MR) is 89.9 cm³/mol. The van der Waals surface area contributed by atoms with Gasteiger partial charge in [-0.1, -0.05) is 24.6 Å². The van der Waals surface area contributed by atoms with Crippen molar-refractivity contribution in [2.45, 2.75) is 13.5 Å². The molecule has 0 aliphatic rings. The monoisotopic (exact) mass is 304 g/mol. The maximum Gasteiger partial charge on any atom is 0.119 e. The molecule has 0 heterocycles. The summed E-state index contributed by atoms with van der Waals surface area (Å²) in [5.41, 5.74) is 3.27. The van der Waals surface area contributed by atoms with Gasteiger partial charge in [0.25, 0.3) is 0 Å². The molecule has 4 heteroatoms. The van der Waals surface area contributed by atoms with Crippen LogP contribution in [0.5, 0.6) is 5.75 Å². The molecule has 0 radical (unpaired) electrons. The normalized spacial score (nSPS) is 10.5. The second kappa shape index (κ2) is 7.34. The third kappa shape index (κ3) is 3.90. The molecule has 0 atom stereocenters. The van der Waals surface area contributed by atoms with Gasteiger partial charge in [-0.3, -0.25) is 0 Å². The van der Waals surface area contributed by atoms with Crippen molar-refractivity contribution in [3.63, 3.8) is 0 Å². The largest absolute Gasteiger partial charge is 0.497 e. The zero-order chi connectivity index (χ0) is 15.2. The van der Waals surface area contributed by atoms with Crippen molar-refractivity contribution in [1.29, 1.82) is 0 Å². The van der Waals surface area contributed by atoms with Crippen molar-refractivity contribution in [3.8, 4) is 5.75 Å². The van der Waals surface area contributed by atoms with Crippen molar-refractivity contribution in [2.75, 3.05) is 25.6 Å². The maximum absolute atomic E-state index is 6.36. The van der Waals surface area contributed by atoms with Crippen molar-refractivity contribution in [2.24, 2.45) is 0 Å². The average Bonchev–Trinajstić information content (AvgIpc) is 2.53. The van der Waals surface area contributed by atoms with Gasteiger partial charge in [-0.05, 0) is 48.5 Å². The summed E-state index contributed by atoms with van der Waals surface area (Å²) >= 11 is 6.36. The van der Waals surface area contributed by atoms with Crippen LogP contribution in [0.1, 0.15) is 12.5 Å². The second-order valence-electron chi connectivity index (χ2n) is 4.81. The van der Waals surface area contributed by atoms with E-state index >= 15 is 0 Å². The minimum absolute atomic E-state index is 0.786. The molecular weight excluding hydrogens is 284 g/mol. The van der Waals surface area contributed by atoms with E-state index in [0.29, 0.717) is 0 Å². The average molecular weight is 305 g/mol. The van der Waals surface area contributed by atoms with Gasteiger partial charge in [-0.2, -0.15) is 0 Å². The number of nitrogens with zero attached hydrogens (tertiary/aromatic N) is 1. The highest BCUT2D eigenvalue weighted by Crippen LogP contribution is 2.29. The van der Waals surface area contributed by atoms with Crippen LogP contribution in [0.4, 0.5) is 11.4 Å². The Hall–Kier alpha value is -1.71. The molecule has 2 rings (SSSR count). The van der Waals surface area contributed by atoms with E-state index in [1.165, 1.54) is 0 Å². The van der Waals surface area contributed by atoms with E-state index in [1.54, 1.807) is 7.11 Å². The summed E-state index contributed by atoms with van der Waals surface area (Å²) in [6.07, 6.45) is 0. The van der Waals surface area contributed by atoms with Gasteiger partial charge < -0.3 is 15.0 Å². The highest BCUT2D eigenvalue weighted by Gasteiger charge is 2.07. The summed E-state index contributed by atoms with van der Waals surface area (Å²) < 4.78 is 5.18. The van der Waals surface area contributed by atoms with Gasteiger partial charge in [0.05, 0.1) is 7.11 Å². The molecule has 21 heavy (non-hydrogen) atoms. The maximum atomic E-state index is 6.36. The highest BCUT2D eigenvalue weighted by molar-refractivity contribution is 6.31. The summed E-state index contributed by atoms with van der Waals surface area (Å²) in [6.45, 7) is 3.81. The van der Waals surface area contributed by atoms with E-state index in [2.05, 4.69) is 29.3 Å². The number of halogens is 1. The lowest BCUT2D eigenvalue weighted by atomic mass is 10.1. The molecule has 0 aliphatic heterocycles. The number of benzene rings is 2. The topological polar surface area (TPSA) is 24.5 Å². The molecule has 0 saturated heterocycles. The molecule has 0 aromatic heterocycles. The predicted octanol–water partition coefficient (Wildman–Crippen LogP) is 4.23. The number of anilines is 2. The van der Waals surface area contributed by atoms with E-state index in [-0.39, 0.29) is 0 Å². The summed E-state index contributed by atoms with van der Waals surface area (Å²) in [7, 11) is 3.69. The fraction of sp³-hybridized carbons (Fsp3) is 0.294. The number of ether oxygens (including phenoxy) is 1. The first kappa shape index (κ1) is 15.7. The van der Waals surface area contributed by atoms with E-state index in [0.717, 1.165) is 40.8 Å². The van der Waals surface area contributed by atoms with Crippen molar-refractivity contribution >= 4 is 23.0 Å². The lowest BCUT2D eigenvalue weighted by molar-refractivity contribution is 0.415. The summed E-state index contributed by atoms with van der Waals surface area (Å²) in [4.78, 5) is 2.10. The molecule has 0 unspecified atom stereocenters. The van der Waals surface area contributed by atoms with Gasteiger partial charge in [0.1, 0.15) is 5.75 Å². The Morgan fingerprint density at radius 2 is 1.76 bits per heavy atom. The second-order valence-corrected chi connectivity index (χ2v) is 5.22. The Labute approximate surface area is 131 Å². The third-order valence-electron chi connectivity index (χ3n) is 3.45. The zero-order valence-corrected chi connectivity index (χ0v) is 13.4. The lowest BCUT2D eigenvalue weighted by Crippen LogP contribution is -2.13. The molecule has 2 aromatic carbocycles. The Kier molecular flexibility index (Phi) is 5.48. The Balaban J connectivity index is 2.18. The van der Waals surface area contributed by atoms with Gasteiger partial charge in [-0.15, -0.1) is 0 Å². The Morgan fingerprint density at radius 3 is 2.33 bits per heavy atom. The first-order valence-corrected chi connectivity index (χ1v) is 7.40. The molecular formula is C17H21ClN2O. The molecule has 0 fully saturated rings. The smallest absolute Gasteiger partial charge is 0.119 e. The van der Waals surface area contributed by atoms with E-state index in [1.807, 2.05) is 37.4 Å². The molecule has 0 spiro atoms. The van der Waals surface area contributed by atoms with E-state index in [4.69, 9.17) is 16.3 Å². The van der Waals surface area contributed by atoms with E-state index in [9.17, 15) is 0 Å². The van der Waals surface area contributed by atoms with Crippen LogP contribution in [-0.2, 0) is 6.54 Å². The molecule has 1 N–H and O–H groups in total. The molecule has 0 bridgehead atoms. The Bertz CT molecular complexity index is 584. The van der Waals surface area contributed by atoms with Gasteiger partial charge in [-0.25, -0.2) is 0 Å². The number of methoxy groups -OCH3 is 1. The number of nitrogens with one attached hydrogen (secondary N) is 1. The molecule has 0 amide bonds. The first-order chi connectivity index (χ1) is 10.2.